The van der Waals surface area contributed by atoms with Crippen LogP contribution in [0.2, 0.25) is 0 Å². The van der Waals surface area contributed by atoms with E-state index in [1.807, 2.05) is 12.1 Å². The molecule has 0 bridgehead atoms. The Labute approximate surface area is 115 Å². The number of nitrogens with zero attached hydrogens (tertiary/aromatic N) is 2. The Bertz CT molecular complexity index is 391. The third-order valence-corrected chi connectivity index (χ3v) is 3.27. The molecule has 0 amide bonds. The number of nitrogen functional groups attached to an aromatic ring is 1. The Hall–Kier alpha value is -1.49. The minimum atomic E-state index is 0.535. The number of likely N-dealkylation sites (tertiary alicyclic amines) is 1. The van der Waals surface area contributed by atoms with Gasteiger partial charge in [-0.1, -0.05) is 6.92 Å². The van der Waals surface area contributed by atoms with E-state index in [9.17, 15) is 0 Å². The second-order valence-electron chi connectivity index (χ2n) is 4.91. The van der Waals surface area contributed by atoms with Crippen molar-refractivity contribution in [2.75, 3.05) is 43.8 Å². The molecule has 1 saturated heterocycles. The van der Waals surface area contributed by atoms with Crippen LogP contribution in [-0.4, -0.2) is 42.7 Å². The standard InChI is InChI=1S/C14H24N4O/c1-2-11-19-14-12(15)5-6-13(17-14)16-7-10-18-8-3-4-9-18/h5-6H,2-4,7-11,15H2,1H3,(H,16,17). The summed E-state index contributed by atoms with van der Waals surface area (Å²) in [5.41, 5.74) is 6.43. The van der Waals surface area contributed by atoms with E-state index in [-0.39, 0.29) is 0 Å². The van der Waals surface area contributed by atoms with Crippen LogP contribution in [0.25, 0.3) is 0 Å². The number of nitrogens with two attached hydrogens (primary N) is 1. The van der Waals surface area contributed by atoms with E-state index in [1.54, 1.807) is 0 Å². The summed E-state index contributed by atoms with van der Waals surface area (Å²) in [4.78, 5) is 6.87. The van der Waals surface area contributed by atoms with E-state index in [2.05, 4.69) is 22.1 Å². The Balaban J connectivity index is 1.81. The number of aromatic nitrogens is 1. The van der Waals surface area contributed by atoms with E-state index < -0.39 is 0 Å². The van der Waals surface area contributed by atoms with Crippen molar-refractivity contribution in [2.45, 2.75) is 26.2 Å². The zero-order valence-corrected chi connectivity index (χ0v) is 11.7. The molecule has 106 valence electrons. The van der Waals surface area contributed by atoms with E-state index in [0.29, 0.717) is 18.2 Å². The van der Waals surface area contributed by atoms with E-state index >= 15 is 0 Å². The second kappa shape index (κ2) is 7.19. The summed E-state index contributed by atoms with van der Waals surface area (Å²) in [6.07, 6.45) is 3.61. The molecule has 3 N–H and O–H groups in total. The van der Waals surface area contributed by atoms with Gasteiger partial charge in [-0.2, -0.15) is 4.98 Å². The highest BCUT2D eigenvalue weighted by atomic mass is 16.5. The van der Waals surface area contributed by atoms with Gasteiger partial charge in [-0.05, 0) is 44.5 Å². The number of rotatable bonds is 7. The minimum Gasteiger partial charge on any atom is -0.476 e. The third-order valence-electron chi connectivity index (χ3n) is 3.27. The molecule has 1 aliphatic heterocycles. The lowest BCUT2D eigenvalue weighted by Crippen LogP contribution is -2.26. The molecular formula is C14H24N4O. The summed E-state index contributed by atoms with van der Waals surface area (Å²) in [6, 6.07) is 3.74. The summed E-state index contributed by atoms with van der Waals surface area (Å²) in [5.74, 6) is 1.37. The van der Waals surface area contributed by atoms with E-state index in [4.69, 9.17) is 10.5 Å². The lowest BCUT2D eigenvalue weighted by Gasteiger charge is -2.15. The van der Waals surface area contributed by atoms with Gasteiger partial charge in [0.2, 0.25) is 5.88 Å². The van der Waals surface area contributed by atoms with Gasteiger partial charge in [-0.15, -0.1) is 0 Å². The zero-order chi connectivity index (χ0) is 13.5. The van der Waals surface area contributed by atoms with Gasteiger partial charge in [0.1, 0.15) is 5.82 Å². The maximum Gasteiger partial charge on any atom is 0.239 e. The predicted molar refractivity (Wildman–Crippen MR) is 78.6 cm³/mol. The van der Waals surface area contributed by atoms with Gasteiger partial charge in [0, 0.05) is 13.1 Å². The maximum atomic E-state index is 5.83. The van der Waals surface area contributed by atoms with Crippen LogP contribution in [0.3, 0.4) is 0 Å². The Morgan fingerprint density at radius 3 is 2.89 bits per heavy atom. The molecule has 1 aromatic rings. The van der Waals surface area contributed by atoms with Gasteiger partial charge in [0.15, 0.2) is 0 Å². The number of ether oxygens (including phenoxy) is 1. The Morgan fingerprint density at radius 2 is 2.16 bits per heavy atom. The van der Waals surface area contributed by atoms with Crippen molar-refractivity contribution in [3.8, 4) is 5.88 Å². The van der Waals surface area contributed by atoms with Crippen molar-refractivity contribution in [3.63, 3.8) is 0 Å². The number of nitrogens with one attached hydrogen (secondary N) is 1. The molecule has 2 heterocycles. The molecule has 0 saturated carbocycles. The molecule has 0 spiro atoms. The Morgan fingerprint density at radius 1 is 1.37 bits per heavy atom. The van der Waals surface area contributed by atoms with Crippen LogP contribution in [0.1, 0.15) is 26.2 Å². The van der Waals surface area contributed by atoms with Crippen LogP contribution in [0, 0.1) is 0 Å². The highest BCUT2D eigenvalue weighted by molar-refractivity contribution is 5.53. The molecule has 19 heavy (non-hydrogen) atoms. The van der Waals surface area contributed by atoms with Gasteiger partial charge in [0.25, 0.3) is 0 Å². The first-order valence-electron chi connectivity index (χ1n) is 7.15. The summed E-state index contributed by atoms with van der Waals surface area (Å²) in [7, 11) is 0. The van der Waals surface area contributed by atoms with Crippen molar-refractivity contribution in [2.24, 2.45) is 0 Å². The number of anilines is 2. The van der Waals surface area contributed by atoms with E-state index in [0.717, 1.165) is 25.3 Å². The average Bonchev–Trinajstić information content (AvgIpc) is 2.92. The average molecular weight is 264 g/mol. The third kappa shape index (κ3) is 4.28. The minimum absolute atomic E-state index is 0.535. The lowest BCUT2D eigenvalue weighted by atomic mass is 10.4. The largest absolute Gasteiger partial charge is 0.476 e. The van der Waals surface area contributed by atoms with Gasteiger partial charge < -0.3 is 20.7 Å². The lowest BCUT2D eigenvalue weighted by molar-refractivity contribution is 0.307. The molecule has 1 fully saturated rings. The van der Waals surface area contributed by atoms with Crippen molar-refractivity contribution in [3.05, 3.63) is 12.1 Å². The fourth-order valence-electron chi connectivity index (χ4n) is 2.21. The van der Waals surface area contributed by atoms with Gasteiger partial charge in [-0.25, -0.2) is 0 Å². The van der Waals surface area contributed by atoms with Crippen molar-refractivity contribution in [1.29, 1.82) is 0 Å². The molecule has 5 nitrogen and oxygen atoms in total. The maximum absolute atomic E-state index is 5.83. The molecule has 1 aliphatic rings. The molecule has 5 heteroatoms. The summed E-state index contributed by atoms with van der Waals surface area (Å²) in [5, 5.41) is 3.33. The molecule has 0 aromatic carbocycles. The monoisotopic (exact) mass is 264 g/mol. The fraction of sp³-hybridized carbons (Fsp3) is 0.643. The predicted octanol–water partition coefficient (Wildman–Crippen LogP) is 1.96. The summed E-state index contributed by atoms with van der Waals surface area (Å²) >= 11 is 0. The molecule has 0 aliphatic carbocycles. The van der Waals surface area contributed by atoms with Crippen molar-refractivity contribution >= 4 is 11.5 Å². The van der Waals surface area contributed by atoms with Crippen LogP contribution in [0.4, 0.5) is 11.5 Å². The first-order valence-corrected chi connectivity index (χ1v) is 7.15. The van der Waals surface area contributed by atoms with Gasteiger partial charge in [-0.3, -0.25) is 0 Å². The van der Waals surface area contributed by atoms with Crippen LogP contribution < -0.4 is 15.8 Å². The smallest absolute Gasteiger partial charge is 0.239 e. The van der Waals surface area contributed by atoms with E-state index in [1.165, 1.54) is 25.9 Å². The second-order valence-corrected chi connectivity index (χ2v) is 4.91. The molecular weight excluding hydrogens is 240 g/mol. The van der Waals surface area contributed by atoms with Crippen LogP contribution in [-0.2, 0) is 0 Å². The topological polar surface area (TPSA) is 63.4 Å². The highest BCUT2D eigenvalue weighted by Gasteiger charge is 2.10. The van der Waals surface area contributed by atoms with Crippen LogP contribution in [0.5, 0.6) is 5.88 Å². The van der Waals surface area contributed by atoms with Gasteiger partial charge >= 0.3 is 0 Å². The SMILES string of the molecule is CCCOc1nc(NCCN2CCCC2)ccc1N. The summed E-state index contributed by atoms with van der Waals surface area (Å²) < 4.78 is 5.52. The van der Waals surface area contributed by atoms with Crippen molar-refractivity contribution < 1.29 is 4.74 Å². The fourth-order valence-corrected chi connectivity index (χ4v) is 2.21. The molecule has 1 aromatic heterocycles. The van der Waals surface area contributed by atoms with Crippen LogP contribution in [0.15, 0.2) is 12.1 Å². The molecule has 0 radical (unpaired) electrons. The first kappa shape index (κ1) is 13.9. The normalized spacial score (nSPS) is 15.6. The zero-order valence-electron chi connectivity index (χ0n) is 11.7. The van der Waals surface area contributed by atoms with Gasteiger partial charge in [0.05, 0.1) is 12.3 Å². The molecule has 2 rings (SSSR count). The number of hydrogen-bond acceptors (Lipinski definition) is 5. The Kier molecular flexibility index (Phi) is 5.27. The van der Waals surface area contributed by atoms with Crippen molar-refractivity contribution in [1.82, 2.24) is 9.88 Å². The highest BCUT2D eigenvalue weighted by Crippen LogP contribution is 2.20. The quantitative estimate of drug-likeness (QED) is 0.788. The molecule has 0 atom stereocenters. The number of pyridine rings is 1. The number of hydrogen-bond donors (Lipinski definition) is 2. The summed E-state index contributed by atoms with van der Waals surface area (Å²) in [6.45, 7) is 7.13. The first-order chi connectivity index (χ1) is 9.29. The molecule has 0 unspecified atom stereocenters. The van der Waals surface area contributed by atoms with Crippen LogP contribution >= 0.6 is 0 Å².